The van der Waals surface area contributed by atoms with Crippen LogP contribution in [0, 0.1) is 19.8 Å². The first-order valence-corrected chi connectivity index (χ1v) is 10.0. The van der Waals surface area contributed by atoms with Crippen LogP contribution >= 0.6 is 0 Å². The second-order valence-electron chi connectivity index (χ2n) is 7.66. The third-order valence-corrected chi connectivity index (χ3v) is 5.50. The van der Waals surface area contributed by atoms with E-state index in [4.69, 9.17) is 4.74 Å². The molecule has 6 heteroatoms. The van der Waals surface area contributed by atoms with Gasteiger partial charge in [0.05, 0.1) is 23.7 Å². The maximum Gasteiger partial charge on any atom is 0.341 e. The zero-order valence-electron chi connectivity index (χ0n) is 17.1. The van der Waals surface area contributed by atoms with E-state index in [1.807, 2.05) is 19.1 Å². The lowest BCUT2D eigenvalue weighted by atomic mass is 9.87. The van der Waals surface area contributed by atoms with Crippen molar-refractivity contribution in [2.24, 2.45) is 5.92 Å². The summed E-state index contributed by atoms with van der Waals surface area (Å²) in [5.41, 5.74) is 3.29. The number of esters is 1. The molecule has 3 rings (SSSR count). The summed E-state index contributed by atoms with van der Waals surface area (Å²) in [7, 11) is 0. The second-order valence-corrected chi connectivity index (χ2v) is 7.66. The maximum absolute atomic E-state index is 12.5. The van der Waals surface area contributed by atoms with Gasteiger partial charge in [0, 0.05) is 11.6 Å². The van der Waals surface area contributed by atoms with E-state index >= 15 is 0 Å². The maximum atomic E-state index is 12.5. The molecule has 28 heavy (non-hydrogen) atoms. The Bertz CT molecular complexity index is 847. The van der Waals surface area contributed by atoms with E-state index < -0.39 is 0 Å². The SMILES string of the molecule is CCOC(=O)c1c(C)nn(-c2ccc(C(=O)NC3CCC(C)CC3)cc2)c1C. The minimum Gasteiger partial charge on any atom is -0.462 e. The first kappa shape index (κ1) is 20.1. The van der Waals surface area contributed by atoms with Gasteiger partial charge in [-0.05, 0) is 76.6 Å². The van der Waals surface area contributed by atoms with Gasteiger partial charge >= 0.3 is 5.97 Å². The Balaban J connectivity index is 1.73. The molecule has 2 aromatic rings. The smallest absolute Gasteiger partial charge is 0.341 e. The molecule has 1 amide bonds. The molecule has 1 aliphatic carbocycles. The number of carbonyl (C=O) groups excluding carboxylic acids is 2. The molecule has 0 spiro atoms. The van der Waals surface area contributed by atoms with Crippen molar-refractivity contribution in [2.75, 3.05) is 6.61 Å². The molecule has 1 aromatic carbocycles. The quantitative estimate of drug-likeness (QED) is 0.793. The van der Waals surface area contributed by atoms with Crippen molar-refractivity contribution in [3.8, 4) is 5.69 Å². The number of hydrogen-bond acceptors (Lipinski definition) is 4. The molecule has 1 heterocycles. The number of nitrogens with one attached hydrogen (secondary N) is 1. The Kier molecular flexibility index (Phi) is 6.17. The van der Waals surface area contributed by atoms with E-state index in [9.17, 15) is 9.59 Å². The number of ether oxygens (including phenoxy) is 1. The Labute approximate surface area is 166 Å². The van der Waals surface area contributed by atoms with Crippen LogP contribution in [0.4, 0.5) is 0 Å². The van der Waals surface area contributed by atoms with Crippen LogP contribution in [0.25, 0.3) is 5.69 Å². The molecule has 0 aliphatic heterocycles. The number of aryl methyl sites for hydroxylation is 1. The number of amides is 1. The molecular formula is C22H29N3O3. The summed E-state index contributed by atoms with van der Waals surface area (Å²) in [6.07, 6.45) is 4.44. The van der Waals surface area contributed by atoms with Gasteiger partial charge in [-0.1, -0.05) is 6.92 Å². The van der Waals surface area contributed by atoms with E-state index in [0.717, 1.165) is 30.1 Å². The predicted octanol–water partition coefficient (Wildman–Crippen LogP) is 3.97. The van der Waals surface area contributed by atoms with E-state index in [-0.39, 0.29) is 17.9 Å². The molecule has 0 atom stereocenters. The van der Waals surface area contributed by atoms with Crippen molar-refractivity contribution in [2.45, 2.75) is 59.4 Å². The van der Waals surface area contributed by atoms with Gasteiger partial charge in [-0.25, -0.2) is 9.48 Å². The molecule has 1 fully saturated rings. The first-order chi connectivity index (χ1) is 13.4. The summed E-state index contributed by atoms with van der Waals surface area (Å²) >= 11 is 0. The number of benzene rings is 1. The molecule has 6 nitrogen and oxygen atoms in total. The van der Waals surface area contributed by atoms with Crippen LogP contribution in [-0.4, -0.2) is 34.3 Å². The molecular weight excluding hydrogens is 354 g/mol. The zero-order chi connectivity index (χ0) is 20.3. The van der Waals surface area contributed by atoms with Gasteiger partial charge in [0.1, 0.15) is 5.56 Å². The zero-order valence-corrected chi connectivity index (χ0v) is 17.1. The van der Waals surface area contributed by atoms with Crippen LogP contribution in [0.15, 0.2) is 24.3 Å². The number of carbonyl (C=O) groups is 2. The van der Waals surface area contributed by atoms with Crippen molar-refractivity contribution in [3.63, 3.8) is 0 Å². The molecule has 1 aromatic heterocycles. The minimum atomic E-state index is -0.360. The highest BCUT2D eigenvalue weighted by molar-refractivity contribution is 5.94. The van der Waals surface area contributed by atoms with Crippen molar-refractivity contribution >= 4 is 11.9 Å². The number of aromatic nitrogens is 2. The Morgan fingerprint density at radius 3 is 2.39 bits per heavy atom. The summed E-state index contributed by atoms with van der Waals surface area (Å²) in [6, 6.07) is 7.58. The van der Waals surface area contributed by atoms with Crippen LogP contribution in [0.5, 0.6) is 0 Å². The van der Waals surface area contributed by atoms with Crippen LogP contribution < -0.4 is 5.32 Å². The van der Waals surface area contributed by atoms with Crippen molar-refractivity contribution in [3.05, 3.63) is 46.8 Å². The average molecular weight is 383 g/mol. The van der Waals surface area contributed by atoms with Crippen molar-refractivity contribution in [1.82, 2.24) is 15.1 Å². The van der Waals surface area contributed by atoms with Gasteiger partial charge in [-0.15, -0.1) is 0 Å². The van der Waals surface area contributed by atoms with E-state index in [1.54, 1.807) is 30.7 Å². The summed E-state index contributed by atoms with van der Waals surface area (Å²) < 4.78 is 6.84. The molecule has 1 N–H and O–H groups in total. The van der Waals surface area contributed by atoms with E-state index in [1.165, 1.54) is 12.8 Å². The fourth-order valence-electron chi connectivity index (χ4n) is 3.82. The van der Waals surface area contributed by atoms with Crippen molar-refractivity contribution < 1.29 is 14.3 Å². The summed E-state index contributed by atoms with van der Waals surface area (Å²) in [4.78, 5) is 24.7. The fraction of sp³-hybridized carbons (Fsp3) is 0.500. The van der Waals surface area contributed by atoms with Crippen molar-refractivity contribution in [1.29, 1.82) is 0 Å². The van der Waals surface area contributed by atoms with Gasteiger partial charge < -0.3 is 10.1 Å². The third-order valence-electron chi connectivity index (χ3n) is 5.50. The Hall–Kier alpha value is -2.63. The predicted molar refractivity (Wildman–Crippen MR) is 108 cm³/mol. The summed E-state index contributed by atoms with van der Waals surface area (Å²) in [5.74, 6) is 0.362. The third kappa shape index (κ3) is 4.26. The van der Waals surface area contributed by atoms with Crippen LogP contribution in [0.1, 0.15) is 71.6 Å². The fourth-order valence-corrected chi connectivity index (χ4v) is 3.82. The van der Waals surface area contributed by atoms with Gasteiger partial charge in [0.2, 0.25) is 0 Å². The van der Waals surface area contributed by atoms with Gasteiger partial charge in [0.15, 0.2) is 0 Å². The highest BCUT2D eigenvalue weighted by Crippen LogP contribution is 2.24. The average Bonchev–Trinajstić information content (AvgIpc) is 2.98. The van der Waals surface area contributed by atoms with Crippen LogP contribution in [-0.2, 0) is 4.74 Å². The highest BCUT2D eigenvalue weighted by Gasteiger charge is 2.22. The second kappa shape index (κ2) is 8.59. The van der Waals surface area contributed by atoms with Crippen LogP contribution in [0.3, 0.4) is 0 Å². The largest absolute Gasteiger partial charge is 0.462 e. The molecule has 1 saturated carbocycles. The monoisotopic (exact) mass is 383 g/mol. The van der Waals surface area contributed by atoms with E-state index in [2.05, 4.69) is 17.3 Å². The molecule has 0 unspecified atom stereocenters. The Morgan fingerprint density at radius 2 is 1.79 bits per heavy atom. The summed E-state index contributed by atoms with van der Waals surface area (Å²) in [6.45, 7) is 8.01. The highest BCUT2D eigenvalue weighted by atomic mass is 16.5. The van der Waals surface area contributed by atoms with Gasteiger partial charge in [0.25, 0.3) is 5.91 Å². The number of rotatable bonds is 5. The lowest BCUT2D eigenvalue weighted by Crippen LogP contribution is -2.37. The topological polar surface area (TPSA) is 73.2 Å². The number of hydrogen-bond donors (Lipinski definition) is 1. The molecule has 0 saturated heterocycles. The molecule has 1 aliphatic rings. The molecule has 150 valence electrons. The molecule has 0 bridgehead atoms. The molecule has 0 radical (unpaired) electrons. The van der Waals surface area contributed by atoms with E-state index in [0.29, 0.717) is 23.4 Å². The first-order valence-electron chi connectivity index (χ1n) is 10.0. The minimum absolute atomic E-state index is 0.0355. The normalized spacial score (nSPS) is 19.3. The number of nitrogens with zero attached hydrogens (tertiary/aromatic N) is 2. The summed E-state index contributed by atoms with van der Waals surface area (Å²) in [5, 5.41) is 7.62. The van der Waals surface area contributed by atoms with Crippen LogP contribution in [0.2, 0.25) is 0 Å². The lowest BCUT2D eigenvalue weighted by molar-refractivity contribution is 0.0524. The standard InChI is InChI=1S/C22H29N3O3/c1-5-28-22(27)20-15(3)24-25(16(20)4)19-12-8-17(9-13-19)21(26)23-18-10-6-14(2)7-11-18/h8-9,12-14,18H,5-7,10-11H2,1-4H3,(H,23,26). The Morgan fingerprint density at radius 1 is 1.14 bits per heavy atom. The van der Waals surface area contributed by atoms with Gasteiger partial charge in [-0.2, -0.15) is 5.10 Å². The lowest BCUT2D eigenvalue weighted by Gasteiger charge is -2.26. The van der Waals surface area contributed by atoms with Gasteiger partial charge in [-0.3, -0.25) is 4.79 Å².